The number of benzene rings is 2. The Labute approximate surface area is 176 Å². The Bertz CT molecular complexity index is 968. The van der Waals surface area contributed by atoms with Crippen LogP contribution in [0.25, 0.3) is 10.9 Å². The second kappa shape index (κ2) is 8.76. The third kappa shape index (κ3) is 4.59. The average Bonchev–Trinajstić information content (AvgIpc) is 3.09. The molecule has 5 nitrogen and oxygen atoms in total. The van der Waals surface area contributed by atoms with E-state index in [1.54, 1.807) is 0 Å². The molecule has 0 aliphatic carbocycles. The molecule has 2 aromatic carbocycles. The number of rotatable bonds is 7. The fraction of sp³-hybridized carbons (Fsp3) is 0.391. The fourth-order valence-corrected chi connectivity index (χ4v) is 4.04. The molecule has 0 radical (unpaired) electrons. The van der Waals surface area contributed by atoms with Crippen LogP contribution in [0.5, 0.6) is 5.75 Å². The molecule has 2 atom stereocenters. The van der Waals surface area contributed by atoms with Crippen molar-refractivity contribution in [1.29, 1.82) is 0 Å². The smallest absolute Gasteiger partial charge is 0.119 e. The van der Waals surface area contributed by atoms with Gasteiger partial charge in [0.25, 0.3) is 0 Å². The van der Waals surface area contributed by atoms with Crippen molar-refractivity contribution >= 4 is 22.5 Å². The quantitative estimate of drug-likeness (QED) is 0.475. The zero-order chi connectivity index (χ0) is 20.4. The second-order valence-electron chi connectivity index (χ2n) is 7.94. The maximum atomic E-state index is 10.0. The molecule has 4 rings (SSSR count). The molecule has 4 N–H and O–H groups in total. The lowest BCUT2D eigenvalue weighted by molar-refractivity contribution is 0.104. The minimum atomic E-state index is -0.530. The van der Waals surface area contributed by atoms with E-state index in [1.807, 2.05) is 30.3 Å². The summed E-state index contributed by atoms with van der Waals surface area (Å²) >= 11 is 6.21. The minimum absolute atomic E-state index is 0.111. The lowest BCUT2D eigenvalue weighted by Crippen LogP contribution is -2.35. The Hall–Kier alpha value is -2.05. The van der Waals surface area contributed by atoms with E-state index in [0.717, 1.165) is 29.3 Å². The van der Waals surface area contributed by atoms with Crippen molar-refractivity contribution in [1.82, 2.24) is 15.6 Å². The van der Waals surface area contributed by atoms with E-state index in [2.05, 4.69) is 41.6 Å². The van der Waals surface area contributed by atoms with Gasteiger partial charge in [-0.25, -0.2) is 0 Å². The first-order valence-corrected chi connectivity index (χ1v) is 10.6. The van der Waals surface area contributed by atoms with Crippen LogP contribution in [0.4, 0.5) is 0 Å². The molecule has 2 heterocycles. The van der Waals surface area contributed by atoms with Gasteiger partial charge < -0.3 is 25.5 Å². The van der Waals surface area contributed by atoms with Crippen molar-refractivity contribution in [2.75, 3.05) is 19.7 Å². The number of hydrogen-bond donors (Lipinski definition) is 4. The summed E-state index contributed by atoms with van der Waals surface area (Å²) < 4.78 is 5.74. The molecule has 0 saturated heterocycles. The van der Waals surface area contributed by atoms with E-state index in [1.165, 1.54) is 22.2 Å². The molecule has 0 fully saturated rings. The Morgan fingerprint density at radius 2 is 2.00 bits per heavy atom. The molecular weight excluding hydrogens is 386 g/mol. The summed E-state index contributed by atoms with van der Waals surface area (Å²) in [5.74, 6) is 0.761. The van der Waals surface area contributed by atoms with Gasteiger partial charge in [-0.05, 0) is 47.9 Å². The average molecular weight is 414 g/mol. The van der Waals surface area contributed by atoms with Crippen LogP contribution in [0.1, 0.15) is 36.7 Å². The van der Waals surface area contributed by atoms with Crippen LogP contribution >= 0.6 is 11.6 Å². The molecule has 0 amide bonds. The van der Waals surface area contributed by atoms with E-state index in [0.29, 0.717) is 12.6 Å². The highest BCUT2D eigenvalue weighted by Gasteiger charge is 2.25. The van der Waals surface area contributed by atoms with Gasteiger partial charge in [-0.3, -0.25) is 0 Å². The lowest BCUT2D eigenvalue weighted by Gasteiger charge is -2.25. The summed E-state index contributed by atoms with van der Waals surface area (Å²) in [5, 5.41) is 18.8. The van der Waals surface area contributed by atoms with Gasteiger partial charge in [-0.2, -0.15) is 0 Å². The van der Waals surface area contributed by atoms with Crippen molar-refractivity contribution < 1.29 is 9.84 Å². The molecule has 0 bridgehead atoms. The summed E-state index contributed by atoms with van der Waals surface area (Å²) in [6.45, 7) is 5.82. The summed E-state index contributed by atoms with van der Waals surface area (Å²) in [5.41, 5.74) is 4.85. The van der Waals surface area contributed by atoms with Crippen LogP contribution in [0, 0.1) is 0 Å². The minimum Gasteiger partial charge on any atom is -0.491 e. The van der Waals surface area contributed by atoms with Crippen molar-refractivity contribution in [3.63, 3.8) is 0 Å². The molecule has 1 aliphatic heterocycles. The predicted octanol–water partition coefficient (Wildman–Crippen LogP) is 3.79. The fourth-order valence-electron chi connectivity index (χ4n) is 3.86. The molecule has 29 heavy (non-hydrogen) atoms. The largest absolute Gasteiger partial charge is 0.491 e. The van der Waals surface area contributed by atoms with Crippen LogP contribution in [-0.4, -0.2) is 41.9 Å². The van der Waals surface area contributed by atoms with E-state index < -0.39 is 6.10 Å². The first-order chi connectivity index (χ1) is 14.0. The SMILES string of the molecule is CC(C)NCC(O)COc1ccc(C2NCCc3c2[nH]c2ccc(Cl)cc32)cc1. The molecule has 154 valence electrons. The summed E-state index contributed by atoms with van der Waals surface area (Å²) in [6, 6.07) is 14.6. The van der Waals surface area contributed by atoms with Gasteiger partial charge in [0, 0.05) is 40.8 Å². The first kappa shape index (κ1) is 20.2. The Kier molecular flexibility index (Phi) is 6.11. The highest BCUT2D eigenvalue weighted by molar-refractivity contribution is 6.31. The van der Waals surface area contributed by atoms with Gasteiger partial charge in [0.1, 0.15) is 18.5 Å². The lowest BCUT2D eigenvalue weighted by atomic mass is 9.94. The number of aliphatic hydroxyl groups is 1. The Morgan fingerprint density at radius 3 is 2.76 bits per heavy atom. The third-order valence-electron chi connectivity index (χ3n) is 5.33. The van der Waals surface area contributed by atoms with Crippen molar-refractivity contribution in [2.24, 2.45) is 0 Å². The molecule has 3 aromatic rings. The van der Waals surface area contributed by atoms with Crippen LogP contribution in [0.15, 0.2) is 42.5 Å². The topological polar surface area (TPSA) is 69.3 Å². The number of aliphatic hydroxyl groups excluding tert-OH is 1. The maximum absolute atomic E-state index is 10.0. The number of nitrogens with one attached hydrogen (secondary N) is 3. The highest BCUT2D eigenvalue weighted by Crippen LogP contribution is 2.35. The van der Waals surface area contributed by atoms with Gasteiger partial charge >= 0.3 is 0 Å². The number of H-pyrrole nitrogens is 1. The van der Waals surface area contributed by atoms with Crippen LogP contribution < -0.4 is 15.4 Å². The number of ether oxygens (including phenoxy) is 1. The molecular formula is C23H28ClN3O2. The number of fused-ring (bicyclic) bond motifs is 3. The molecule has 0 saturated carbocycles. The first-order valence-electron chi connectivity index (χ1n) is 10.2. The highest BCUT2D eigenvalue weighted by atomic mass is 35.5. The van der Waals surface area contributed by atoms with Crippen LogP contribution in [0.3, 0.4) is 0 Å². The van der Waals surface area contributed by atoms with Crippen LogP contribution in [-0.2, 0) is 6.42 Å². The van der Waals surface area contributed by atoms with Gasteiger partial charge in [0.05, 0.1) is 6.04 Å². The Balaban J connectivity index is 1.47. The zero-order valence-electron chi connectivity index (χ0n) is 16.8. The summed E-state index contributed by atoms with van der Waals surface area (Å²) in [4.78, 5) is 3.58. The van der Waals surface area contributed by atoms with Crippen LogP contribution in [0.2, 0.25) is 5.02 Å². The number of aromatic amines is 1. The molecule has 1 aromatic heterocycles. The molecule has 2 unspecified atom stereocenters. The van der Waals surface area contributed by atoms with Crippen molar-refractivity contribution in [2.45, 2.75) is 38.5 Å². The monoisotopic (exact) mass is 413 g/mol. The Morgan fingerprint density at radius 1 is 1.21 bits per heavy atom. The van der Waals surface area contributed by atoms with Gasteiger partial charge in [0.2, 0.25) is 0 Å². The third-order valence-corrected chi connectivity index (χ3v) is 5.57. The zero-order valence-corrected chi connectivity index (χ0v) is 17.6. The second-order valence-corrected chi connectivity index (χ2v) is 8.38. The maximum Gasteiger partial charge on any atom is 0.119 e. The number of hydrogen-bond acceptors (Lipinski definition) is 4. The standard InChI is InChI=1S/C23H28ClN3O2/c1-14(2)26-12-17(28)13-29-18-6-3-15(4-7-18)22-23-19(9-10-25-22)20-11-16(24)5-8-21(20)27-23/h3-8,11,14,17,22,25-28H,9-10,12-13H2,1-2H3. The van der Waals surface area contributed by atoms with Gasteiger partial charge in [-0.15, -0.1) is 0 Å². The summed E-state index contributed by atoms with van der Waals surface area (Å²) in [7, 11) is 0. The number of halogens is 1. The van der Waals surface area contributed by atoms with Crippen molar-refractivity contribution in [3.05, 3.63) is 64.3 Å². The molecule has 1 aliphatic rings. The number of aromatic nitrogens is 1. The van der Waals surface area contributed by atoms with E-state index in [-0.39, 0.29) is 12.6 Å². The molecule has 6 heteroatoms. The normalized spacial score (nSPS) is 17.5. The van der Waals surface area contributed by atoms with Gasteiger partial charge in [0.15, 0.2) is 0 Å². The van der Waals surface area contributed by atoms with E-state index in [4.69, 9.17) is 16.3 Å². The predicted molar refractivity (Wildman–Crippen MR) is 118 cm³/mol. The van der Waals surface area contributed by atoms with Crippen molar-refractivity contribution in [3.8, 4) is 5.75 Å². The van der Waals surface area contributed by atoms with E-state index >= 15 is 0 Å². The molecule has 0 spiro atoms. The van der Waals surface area contributed by atoms with E-state index in [9.17, 15) is 5.11 Å². The summed E-state index contributed by atoms with van der Waals surface area (Å²) in [6.07, 6.45) is 0.452. The van der Waals surface area contributed by atoms with Gasteiger partial charge in [-0.1, -0.05) is 37.6 Å².